The lowest BCUT2D eigenvalue weighted by Gasteiger charge is -2.16. The highest BCUT2D eigenvalue weighted by Gasteiger charge is 2.07. The second-order valence-corrected chi connectivity index (χ2v) is 3.02. The van der Waals surface area contributed by atoms with Crippen LogP contribution in [-0.4, -0.2) is 6.54 Å². The summed E-state index contributed by atoms with van der Waals surface area (Å²) in [5.41, 5.74) is 3.43. The van der Waals surface area contributed by atoms with Crippen LogP contribution in [0.4, 0.5) is 0 Å². The Kier molecular flexibility index (Phi) is 1.81. The second-order valence-electron chi connectivity index (χ2n) is 3.02. The average molecular weight is 158 g/mol. The van der Waals surface area contributed by atoms with Crippen molar-refractivity contribution in [3.05, 3.63) is 34.9 Å². The molecule has 0 unspecified atom stereocenters. The highest BCUT2D eigenvalue weighted by Crippen LogP contribution is 2.14. The van der Waals surface area contributed by atoms with Gasteiger partial charge < -0.3 is 5.32 Å². The molecular formula is C10H10N2. The van der Waals surface area contributed by atoms with Crippen molar-refractivity contribution in [1.29, 1.82) is 5.26 Å². The summed E-state index contributed by atoms with van der Waals surface area (Å²) in [6.07, 6.45) is 1.05. The number of rotatable bonds is 0. The van der Waals surface area contributed by atoms with Crippen molar-refractivity contribution < 1.29 is 0 Å². The van der Waals surface area contributed by atoms with Crippen molar-refractivity contribution in [1.82, 2.24) is 5.32 Å². The molecule has 0 spiro atoms. The summed E-state index contributed by atoms with van der Waals surface area (Å²) >= 11 is 0. The molecule has 2 rings (SSSR count). The first kappa shape index (κ1) is 7.33. The molecule has 1 aromatic carbocycles. The van der Waals surface area contributed by atoms with Gasteiger partial charge in [-0.15, -0.1) is 0 Å². The molecule has 2 heteroatoms. The minimum Gasteiger partial charge on any atom is -0.312 e. The van der Waals surface area contributed by atoms with Gasteiger partial charge in [0.15, 0.2) is 0 Å². The molecule has 0 fully saturated rings. The first-order valence-electron chi connectivity index (χ1n) is 4.13. The standard InChI is InChI=1S/C10H10N2/c11-6-8-1-2-10-7-12-4-3-9(10)5-8/h1-2,5,12H,3-4,7H2. The average Bonchev–Trinajstić information content (AvgIpc) is 2.17. The molecule has 1 aromatic rings. The number of hydrogen-bond acceptors (Lipinski definition) is 2. The number of benzene rings is 1. The van der Waals surface area contributed by atoms with Gasteiger partial charge in [-0.05, 0) is 36.2 Å². The van der Waals surface area contributed by atoms with E-state index in [0.717, 1.165) is 25.1 Å². The van der Waals surface area contributed by atoms with E-state index in [-0.39, 0.29) is 0 Å². The zero-order chi connectivity index (χ0) is 8.39. The van der Waals surface area contributed by atoms with E-state index in [1.807, 2.05) is 18.2 Å². The zero-order valence-electron chi connectivity index (χ0n) is 6.80. The molecule has 2 nitrogen and oxygen atoms in total. The van der Waals surface area contributed by atoms with Crippen LogP contribution in [0.1, 0.15) is 16.7 Å². The van der Waals surface area contributed by atoms with Gasteiger partial charge in [0.1, 0.15) is 0 Å². The van der Waals surface area contributed by atoms with Crippen molar-refractivity contribution in [2.45, 2.75) is 13.0 Å². The molecule has 1 aliphatic rings. The molecular weight excluding hydrogens is 148 g/mol. The Bertz CT molecular complexity index is 336. The third-order valence-electron chi connectivity index (χ3n) is 2.22. The Labute approximate surface area is 71.8 Å². The van der Waals surface area contributed by atoms with Crippen LogP contribution in [0.15, 0.2) is 18.2 Å². The maximum atomic E-state index is 8.67. The summed E-state index contributed by atoms with van der Waals surface area (Å²) in [5, 5.41) is 12.0. The fourth-order valence-corrected chi connectivity index (χ4v) is 1.55. The molecule has 1 N–H and O–H groups in total. The summed E-state index contributed by atoms with van der Waals surface area (Å²) in [7, 11) is 0. The van der Waals surface area contributed by atoms with Crippen molar-refractivity contribution in [2.24, 2.45) is 0 Å². The first-order chi connectivity index (χ1) is 5.90. The maximum Gasteiger partial charge on any atom is 0.0991 e. The second kappa shape index (κ2) is 2.96. The van der Waals surface area contributed by atoms with Gasteiger partial charge >= 0.3 is 0 Å². The van der Waals surface area contributed by atoms with E-state index in [2.05, 4.69) is 11.4 Å². The van der Waals surface area contributed by atoms with Crippen molar-refractivity contribution in [2.75, 3.05) is 6.54 Å². The third-order valence-corrected chi connectivity index (χ3v) is 2.22. The van der Waals surface area contributed by atoms with Crippen molar-refractivity contribution >= 4 is 0 Å². The molecule has 0 amide bonds. The van der Waals surface area contributed by atoms with Gasteiger partial charge in [-0.2, -0.15) is 5.26 Å². The number of fused-ring (bicyclic) bond motifs is 1. The predicted octanol–water partition coefficient (Wildman–Crippen LogP) is 1.20. The Morgan fingerprint density at radius 3 is 3.08 bits per heavy atom. The normalized spacial score (nSPS) is 14.9. The van der Waals surface area contributed by atoms with Crippen LogP contribution < -0.4 is 5.32 Å². The molecule has 1 aliphatic heterocycles. The number of nitrogens with one attached hydrogen (secondary N) is 1. The molecule has 0 saturated heterocycles. The van der Waals surface area contributed by atoms with Gasteiger partial charge in [-0.3, -0.25) is 0 Å². The Balaban J connectivity index is 2.44. The van der Waals surface area contributed by atoms with Crippen molar-refractivity contribution in [3.63, 3.8) is 0 Å². The van der Waals surface area contributed by atoms with Crippen LogP contribution >= 0.6 is 0 Å². The van der Waals surface area contributed by atoms with E-state index >= 15 is 0 Å². The lowest BCUT2D eigenvalue weighted by molar-refractivity contribution is 0.643. The van der Waals surface area contributed by atoms with Crippen LogP contribution in [0, 0.1) is 11.3 Å². The van der Waals surface area contributed by atoms with E-state index in [1.165, 1.54) is 11.1 Å². The molecule has 1 heterocycles. The largest absolute Gasteiger partial charge is 0.312 e. The number of nitrogens with zero attached hydrogens (tertiary/aromatic N) is 1. The topological polar surface area (TPSA) is 35.8 Å². The highest BCUT2D eigenvalue weighted by molar-refractivity contribution is 5.39. The smallest absolute Gasteiger partial charge is 0.0991 e. The highest BCUT2D eigenvalue weighted by atomic mass is 14.9. The molecule has 0 aromatic heterocycles. The van der Waals surface area contributed by atoms with E-state index in [9.17, 15) is 0 Å². The minimum atomic E-state index is 0.774. The fourth-order valence-electron chi connectivity index (χ4n) is 1.55. The molecule has 60 valence electrons. The van der Waals surface area contributed by atoms with E-state index in [1.54, 1.807) is 0 Å². The number of nitriles is 1. The van der Waals surface area contributed by atoms with Crippen LogP contribution in [-0.2, 0) is 13.0 Å². The van der Waals surface area contributed by atoms with Gasteiger partial charge in [0.25, 0.3) is 0 Å². The van der Waals surface area contributed by atoms with Gasteiger partial charge in [-0.25, -0.2) is 0 Å². The molecule has 0 aliphatic carbocycles. The maximum absolute atomic E-state index is 8.67. The van der Waals surface area contributed by atoms with Gasteiger partial charge in [-0.1, -0.05) is 6.07 Å². The van der Waals surface area contributed by atoms with Crippen molar-refractivity contribution in [3.8, 4) is 6.07 Å². The zero-order valence-corrected chi connectivity index (χ0v) is 6.80. The van der Waals surface area contributed by atoms with Crippen LogP contribution in [0.5, 0.6) is 0 Å². The Morgan fingerprint density at radius 1 is 1.33 bits per heavy atom. The molecule has 0 saturated carbocycles. The molecule has 0 bridgehead atoms. The summed E-state index contributed by atoms with van der Waals surface area (Å²) in [4.78, 5) is 0. The van der Waals surface area contributed by atoms with Crippen LogP contribution in [0.3, 0.4) is 0 Å². The lowest BCUT2D eigenvalue weighted by Crippen LogP contribution is -2.23. The summed E-state index contributed by atoms with van der Waals surface area (Å²) in [6, 6.07) is 8.08. The van der Waals surface area contributed by atoms with E-state index < -0.39 is 0 Å². The Hall–Kier alpha value is -1.33. The fraction of sp³-hybridized carbons (Fsp3) is 0.300. The molecule has 0 atom stereocenters. The Morgan fingerprint density at radius 2 is 2.25 bits per heavy atom. The predicted molar refractivity (Wildman–Crippen MR) is 46.6 cm³/mol. The summed E-state index contributed by atoms with van der Waals surface area (Å²) in [5.74, 6) is 0. The van der Waals surface area contributed by atoms with Crippen LogP contribution in [0.25, 0.3) is 0 Å². The monoisotopic (exact) mass is 158 g/mol. The lowest BCUT2D eigenvalue weighted by atomic mass is 9.99. The van der Waals surface area contributed by atoms with E-state index in [0.29, 0.717) is 0 Å². The van der Waals surface area contributed by atoms with Crippen LogP contribution in [0.2, 0.25) is 0 Å². The SMILES string of the molecule is N#Cc1ccc2c(c1)CCNC2. The molecule has 12 heavy (non-hydrogen) atoms. The third kappa shape index (κ3) is 1.19. The summed E-state index contributed by atoms with van der Waals surface area (Å²) < 4.78 is 0. The van der Waals surface area contributed by atoms with Gasteiger partial charge in [0, 0.05) is 6.54 Å². The minimum absolute atomic E-state index is 0.774. The van der Waals surface area contributed by atoms with Gasteiger partial charge in [0.05, 0.1) is 11.6 Å². The summed E-state index contributed by atoms with van der Waals surface area (Å²) in [6.45, 7) is 1.98. The number of hydrogen-bond donors (Lipinski definition) is 1. The van der Waals surface area contributed by atoms with E-state index in [4.69, 9.17) is 5.26 Å². The van der Waals surface area contributed by atoms with Gasteiger partial charge in [0.2, 0.25) is 0 Å². The quantitative estimate of drug-likeness (QED) is 0.616. The first-order valence-corrected chi connectivity index (χ1v) is 4.13. The molecule has 0 radical (unpaired) electrons.